The van der Waals surface area contributed by atoms with Crippen molar-refractivity contribution in [3.05, 3.63) is 36.0 Å². The third-order valence-corrected chi connectivity index (χ3v) is 2.37. The van der Waals surface area contributed by atoms with Crippen LogP contribution in [0.15, 0.2) is 30.5 Å². The molecule has 1 aromatic heterocycles. The first kappa shape index (κ1) is 12.5. The zero-order valence-corrected chi connectivity index (χ0v) is 10.4. The second kappa shape index (κ2) is 6.11. The van der Waals surface area contributed by atoms with Crippen molar-refractivity contribution in [3.8, 4) is 5.75 Å². The van der Waals surface area contributed by atoms with Crippen LogP contribution in [0.4, 0.5) is 0 Å². The summed E-state index contributed by atoms with van der Waals surface area (Å²) in [5, 5.41) is 1.09. The minimum atomic E-state index is 0.894. The van der Waals surface area contributed by atoms with Gasteiger partial charge in [0.2, 0.25) is 0 Å². The monoisotopic (exact) mass is 217 g/mol. The minimum Gasteiger partial charge on any atom is -0.496 e. The third-order valence-electron chi connectivity index (χ3n) is 2.37. The van der Waals surface area contributed by atoms with E-state index in [1.807, 2.05) is 38.2 Å². The van der Waals surface area contributed by atoms with Gasteiger partial charge in [-0.05, 0) is 30.2 Å². The summed E-state index contributed by atoms with van der Waals surface area (Å²) in [6.45, 7) is 6.12. The first-order chi connectivity index (χ1) is 7.85. The zero-order chi connectivity index (χ0) is 12.0. The highest BCUT2D eigenvalue weighted by atomic mass is 16.5. The molecule has 1 aromatic carbocycles. The molecule has 0 fully saturated rings. The van der Waals surface area contributed by atoms with E-state index in [4.69, 9.17) is 4.74 Å². The summed E-state index contributed by atoms with van der Waals surface area (Å²) in [4.78, 5) is 4.38. The van der Waals surface area contributed by atoms with E-state index in [1.165, 1.54) is 5.56 Å². The number of benzene rings is 1. The van der Waals surface area contributed by atoms with Gasteiger partial charge in [0.15, 0.2) is 0 Å². The lowest BCUT2D eigenvalue weighted by molar-refractivity contribution is 0.419. The highest BCUT2D eigenvalue weighted by Crippen LogP contribution is 2.24. The number of aromatic nitrogens is 1. The fraction of sp³-hybridized carbons (Fsp3) is 0.357. The number of rotatable bonds is 2. The van der Waals surface area contributed by atoms with Gasteiger partial charge in [0, 0.05) is 11.6 Å². The Morgan fingerprint density at radius 2 is 2.00 bits per heavy atom. The van der Waals surface area contributed by atoms with Crippen molar-refractivity contribution < 1.29 is 4.74 Å². The van der Waals surface area contributed by atoms with Gasteiger partial charge in [0.05, 0.1) is 12.6 Å². The summed E-state index contributed by atoms with van der Waals surface area (Å²) in [5.41, 5.74) is 2.23. The smallest absolute Gasteiger partial charge is 0.128 e. The molecule has 0 atom stereocenters. The number of pyridine rings is 1. The molecule has 1 heterocycles. The van der Waals surface area contributed by atoms with Gasteiger partial charge in [-0.15, -0.1) is 0 Å². The highest BCUT2D eigenvalue weighted by Gasteiger charge is 2.01. The lowest BCUT2D eigenvalue weighted by Gasteiger charge is -2.05. The Labute approximate surface area is 97.3 Å². The van der Waals surface area contributed by atoms with E-state index in [0.29, 0.717) is 0 Å². The molecule has 0 aliphatic rings. The van der Waals surface area contributed by atoms with Gasteiger partial charge in [-0.25, -0.2) is 0 Å². The van der Waals surface area contributed by atoms with Crippen LogP contribution >= 0.6 is 0 Å². The van der Waals surface area contributed by atoms with Crippen LogP contribution < -0.4 is 4.74 Å². The summed E-state index contributed by atoms with van der Waals surface area (Å²) in [7, 11) is 1.69. The van der Waals surface area contributed by atoms with Crippen LogP contribution in [0, 0.1) is 0 Å². The van der Waals surface area contributed by atoms with Crippen molar-refractivity contribution in [2.45, 2.75) is 27.2 Å². The largest absolute Gasteiger partial charge is 0.496 e. The van der Waals surface area contributed by atoms with Crippen LogP contribution in [0.3, 0.4) is 0 Å². The van der Waals surface area contributed by atoms with Crippen molar-refractivity contribution in [1.29, 1.82) is 0 Å². The van der Waals surface area contributed by atoms with Crippen LogP contribution in [0.1, 0.15) is 26.3 Å². The lowest BCUT2D eigenvalue weighted by Crippen LogP contribution is -1.89. The molecule has 0 saturated heterocycles. The summed E-state index contributed by atoms with van der Waals surface area (Å²) >= 11 is 0. The van der Waals surface area contributed by atoms with Crippen molar-refractivity contribution in [1.82, 2.24) is 4.98 Å². The molecule has 0 radical (unpaired) electrons. The molecule has 0 amide bonds. The van der Waals surface area contributed by atoms with E-state index in [2.05, 4.69) is 18.0 Å². The predicted molar refractivity (Wildman–Crippen MR) is 69.0 cm³/mol. The molecule has 2 rings (SSSR count). The second-order valence-electron chi connectivity index (χ2n) is 3.22. The molecule has 0 unspecified atom stereocenters. The molecule has 0 spiro atoms. The third kappa shape index (κ3) is 2.51. The van der Waals surface area contributed by atoms with E-state index in [0.717, 1.165) is 23.1 Å². The van der Waals surface area contributed by atoms with E-state index < -0.39 is 0 Å². The zero-order valence-electron chi connectivity index (χ0n) is 10.4. The van der Waals surface area contributed by atoms with E-state index in [1.54, 1.807) is 7.11 Å². The van der Waals surface area contributed by atoms with E-state index in [-0.39, 0.29) is 0 Å². The predicted octanol–water partition coefficient (Wildman–Crippen LogP) is 3.83. The number of fused-ring (bicyclic) bond motifs is 1. The fourth-order valence-electron chi connectivity index (χ4n) is 1.54. The lowest BCUT2D eigenvalue weighted by atomic mass is 10.1. The van der Waals surface area contributed by atoms with E-state index >= 15 is 0 Å². The molecule has 0 N–H and O–H groups in total. The Kier molecular flexibility index (Phi) is 4.77. The molecule has 0 saturated carbocycles. The van der Waals surface area contributed by atoms with Crippen molar-refractivity contribution in [2.75, 3.05) is 7.11 Å². The van der Waals surface area contributed by atoms with Crippen LogP contribution in [-0.4, -0.2) is 12.1 Å². The van der Waals surface area contributed by atoms with Crippen LogP contribution in [-0.2, 0) is 6.42 Å². The molecule has 2 heteroatoms. The van der Waals surface area contributed by atoms with Gasteiger partial charge in [0.1, 0.15) is 5.75 Å². The van der Waals surface area contributed by atoms with Crippen LogP contribution in [0.2, 0.25) is 0 Å². The minimum absolute atomic E-state index is 0.894. The van der Waals surface area contributed by atoms with Gasteiger partial charge in [-0.3, -0.25) is 4.98 Å². The van der Waals surface area contributed by atoms with Crippen molar-refractivity contribution in [2.24, 2.45) is 0 Å². The Hall–Kier alpha value is -1.57. The molecule has 16 heavy (non-hydrogen) atoms. The summed E-state index contributed by atoms with van der Waals surface area (Å²) in [5.74, 6) is 0.894. The summed E-state index contributed by atoms with van der Waals surface area (Å²) < 4.78 is 5.29. The van der Waals surface area contributed by atoms with Crippen molar-refractivity contribution in [3.63, 3.8) is 0 Å². The maximum absolute atomic E-state index is 5.29. The molecular weight excluding hydrogens is 198 g/mol. The normalized spacial score (nSPS) is 9.50. The first-order valence-corrected chi connectivity index (χ1v) is 5.76. The van der Waals surface area contributed by atoms with Crippen LogP contribution in [0.25, 0.3) is 10.9 Å². The number of nitrogens with zero attached hydrogens (tertiary/aromatic N) is 1. The Balaban J connectivity index is 0.000000606. The molecular formula is C14H19NO. The van der Waals surface area contributed by atoms with Gasteiger partial charge in [0.25, 0.3) is 0 Å². The van der Waals surface area contributed by atoms with E-state index in [9.17, 15) is 0 Å². The number of ether oxygens (including phenoxy) is 1. The molecule has 0 aliphatic carbocycles. The van der Waals surface area contributed by atoms with Crippen molar-refractivity contribution >= 4 is 10.9 Å². The molecule has 86 valence electrons. The highest BCUT2D eigenvalue weighted by molar-refractivity contribution is 5.85. The molecule has 2 aromatic rings. The number of aryl methyl sites for hydroxylation is 1. The molecule has 2 nitrogen and oxygen atoms in total. The first-order valence-electron chi connectivity index (χ1n) is 5.76. The maximum atomic E-state index is 5.29. The van der Waals surface area contributed by atoms with Gasteiger partial charge in [-0.2, -0.15) is 0 Å². The Morgan fingerprint density at radius 3 is 2.62 bits per heavy atom. The molecule has 0 bridgehead atoms. The average molecular weight is 217 g/mol. The van der Waals surface area contributed by atoms with Gasteiger partial charge < -0.3 is 4.74 Å². The SMILES string of the molecule is CC.CCc1cnc2cccc(OC)c2c1. The summed E-state index contributed by atoms with van der Waals surface area (Å²) in [6, 6.07) is 8.06. The number of methoxy groups -OCH3 is 1. The average Bonchev–Trinajstić information content (AvgIpc) is 2.39. The van der Waals surface area contributed by atoms with Crippen LogP contribution in [0.5, 0.6) is 5.75 Å². The molecule has 0 aliphatic heterocycles. The maximum Gasteiger partial charge on any atom is 0.128 e. The van der Waals surface area contributed by atoms with Gasteiger partial charge in [-0.1, -0.05) is 26.8 Å². The Bertz CT molecular complexity index is 451. The van der Waals surface area contributed by atoms with Gasteiger partial charge >= 0.3 is 0 Å². The Morgan fingerprint density at radius 1 is 1.25 bits per heavy atom. The standard InChI is InChI=1S/C12H13NO.C2H6/c1-3-9-7-10-11(13-8-9)5-4-6-12(10)14-2;1-2/h4-8H,3H2,1-2H3;1-2H3. The fourth-order valence-corrected chi connectivity index (χ4v) is 1.54. The second-order valence-corrected chi connectivity index (χ2v) is 3.22. The number of hydrogen-bond donors (Lipinski definition) is 0. The quantitative estimate of drug-likeness (QED) is 0.762. The number of hydrogen-bond acceptors (Lipinski definition) is 2. The topological polar surface area (TPSA) is 22.1 Å². The summed E-state index contributed by atoms with van der Waals surface area (Å²) in [6.07, 6.45) is 2.92.